The van der Waals surface area contributed by atoms with Crippen molar-refractivity contribution in [3.63, 3.8) is 0 Å². The number of aryl methyl sites for hydroxylation is 1. The van der Waals surface area contributed by atoms with E-state index >= 15 is 0 Å². The van der Waals surface area contributed by atoms with Crippen LogP contribution in [-0.2, 0) is 11.3 Å². The first-order valence-corrected chi connectivity index (χ1v) is 4.66. The first-order valence-electron chi connectivity index (χ1n) is 4.66. The highest BCUT2D eigenvalue weighted by atomic mass is 16.5. The van der Waals surface area contributed by atoms with E-state index in [0.29, 0.717) is 6.61 Å². The second-order valence-electron chi connectivity index (χ2n) is 3.24. The van der Waals surface area contributed by atoms with Crippen LogP contribution in [0.2, 0.25) is 0 Å². The van der Waals surface area contributed by atoms with Crippen molar-refractivity contribution in [1.29, 1.82) is 0 Å². The van der Waals surface area contributed by atoms with Gasteiger partial charge in [-0.15, -0.1) is 0 Å². The predicted octanol–water partition coefficient (Wildman–Crippen LogP) is 2.50. The molecule has 0 unspecified atom stereocenters. The summed E-state index contributed by atoms with van der Waals surface area (Å²) in [5, 5.41) is 0. The van der Waals surface area contributed by atoms with Crippen LogP contribution in [0.25, 0.3) is 0 Å². The number of anilines is 1. The van der Waals surface area contributed by atoms with Crippen LogP contribution in [-0.4, -0.2) is 6.61 Å². The van der Waals surface area contributed by atoms with Gasteiger partial charge in [-0.05, 0) is 30.5 Å². The predicted molar refractivity (Wildman–Crippen MR) is 55.5 cm³/mol. The second-order valence-corrected chi connectivity index (χ2v) is 3.24. The summed E-state index contributed by atoms with van der Waals surface area (Å²) in [7, 11) is 0. The fourth-order valence-electron chi connectivity index (χ4n) is 1.11. The number of hydrogen-bond acceptors (Lipinski definition) is 2. The quantitative estimate of drug-likeness (QED) is 0.569. The zero-order valence-electron chi connectivity index (χ0n) is 8.34. The van der Waals surface area contributed by atoms with E-state index in [2.05, 4.69) is 13.0 Å². The minimum absolute atomic E-state index is 0.665. The molecule has 0 saturated heterocycles. The van der Waals surface area contributed by atoms with E-state index in [9.17, 15) is 0 Å². The summed E-state index contributed by atoms with van der Waals surface area (Å²) in [6, 6.07) is 6.06. The van der Waals surface area contributed by atoms with Crippen molar-refractivity contribution in [3.8, 4) is 0 Å². The van der Waals surface area contributed by atoms with Crippen molar-refractivity contribution < 1.29 is 4.74 Å². The van der Waals surface area contributed by atoms with Gasteiger partial charge in [0.25, 0.3) is 0 Å². The van der Waals surface area contributed by atoms with Crippen molar-refractivity contribution in [2.24, 2.45) is 0 Å². The van der Waals surface area contributed by atoms with Crippen LogP contribution in [0, 0.1) is 6.92 Å². The van der Waals surface area contributed by atoms with Gasteiger partial charge in [0, 0.05) is 12.3 Å². The molecule has 0 aliphatic carbocycles. The van der Waals surface area contributed by atoms with Crippen molar-refractivity contribution >= 4 is 5.69 Å². The molecule has 13 heavy (non-hydrogen) atoms. The fourth-order valence-corrected chi connectivity index (χ4v) is 1.11. The number of nitrogen functional groups attached to an aromatic ring is 1. The molecule has 0 aromatic heterocycles. The number of ether oxygens (including phenoxy) is 1. The highest BCUT2D eigenvalue weighted by Crippen LogP contribution is 2.13. The third kappa shape index (κ3) is 3.07. The van der Waals surface area contributed by atoms with Crippen LogP contribution in [0.3, 0.4) is 0 Å². The van der Waals surface area contributed by atoms with Gasteiger partial charge in [-0.1, -0.05) is 19.1 Å². The van der Waals surface area contributed by atoms with E-state index in [1.54, 1.807) is 0 Å². The Bertz CT molecular complexity index is 271. The summed E-state index contributed by atoms with van der Waals surface area (Å²) >= 11 is 0. The number of rotatable bonds is 4. The lowest BCUT2D eigenvalue weighted by atomic mass is 10.1. The second kappa shape index (κ2) is 4.87. The number of nitrogens with two attached hydrogens (primary N) is 1. The van der Waals surface area contributed by atoms with Crippen LogP contribution in [0.4, 0.5) is 5.69 Å². The summed E-state index contributed by atoms with van der Waals surface area (Å²) in [6.45, 7) is 5.58. The maximum atomic E-state index is 5.77. The van der Waals surface area contributed by atoms with Gasteiger partial charge in [-0.3, -0.25) is 0 Å². The number of benzene rings is 1. The molecular formula is C11H17NO. The molecule has 0 bridgehead atoms. The molecule has 2 heteroatoms. The van der Waals surface area contributed by atoms with Crippen LogP contribution in [0.15, 0.2) is 18.2 Å². The van der Waals surface area contributed by atoms with Crippen molar-refractivity contribution in [2.75, 3.05) is 12.3 Å². The summed E-state index contributed by atoms with van der Waals surface area (Å²) in [4.78, 5) is 0. The van der Waals surface area contributed by atoms with Crippen molar-refractivity contribution in [3.05, 3.63) is 29.3 Å². The largest absolute Gasteiger partial charge is 0.399 e. The monoisotopic (exact) mass is 179 g/mol. The average molecular weight is 179 g/mol. The maximum Gasteiger partial charge on any atom is 0.0717 e. The van der Waals surface area contributed by atoms with Gasteiger partial charge in [0.1, 0.15) is 0 Å². The molecule has 0 spiro atoms. The van der Waals surface area contributed by atoms with Gasteiger partial charge in [0.15, 0.2) is 0 Å². The summed E-state index contributed by atoms with van der Waals surface area (Å²) in [5.41, 5.74) is 8.89. The molecule has 1 aromatic rings. The minimum atomic E-state index is 0.665. The first-order chi connectivity index (χ1) is 6.24. The Morgan fingerprint density at radius 3 is 2.77 bits per heavy atom. The first kappa shape index (κ1) is 10.1. The zero-order chi connectivity index (χ0) is 9.68. The van der Waals surface area contributed by atoms with Gasteiger partial charge >= 0.3 is 0 Å². The zero-order valence-corrected chi connectivity index (χ0v) is 8.34. The molecule has 0 aliphatic heterocycles. The minimum Gasteiger partial charge on any atom is -0.399 e. The van der Waals surface area contributed by atoms with E-state index in [0.717, 1.165) is 29.8 Å². The lowest BCUT2D eigenvalue weighted by molar-refractivity contribution is 0.121. The highest BCUT2D eigenvalue weighted by Gasteiger charge is 1.96. The van der Waals surface area contributed by atoms with Crippen LogP contribution < -0.4 is 5.73 Å². The van der Waals surface area contributed by atoms with Gasteiger partial charge in [0.2, 0.25) is 0 Å². The molecule has 0 saturated carbocycles. The molecule has 0 aliphatic rings. The lowest BCUT2D eigenvalue weighted by Gasteiger charge is -2.05. The summed E-state index contributed by atoms with van der Waals surface area (Å²) < 4.78 is 5.41. The standard InChI is InChI=1S/C11H17NO/c1-3-6-13-8-10-5-4-9(2)11(12)7-10/h4-5,7H,3,6,8,12H2,1-2H3. The molecule has 0 amide bonds. The molecular weight excluding hydrogens is 162 g/mol. The molecule has 1 rings (SSSR count). The van der Waals surface area contributed by atoms with Crippen molar-refractivity contribution in [2.45, 2.75) is 26.9 Å². The number of hydrogen-bond donors (Lipinski definition) is 1. The molecule has 72 valence electrons. The third-order valence-electron chi connectivity index (χ3n) is 1.96. The molecule has 2 N–H and O–H groups in total. The van der Waals surface area contributed by atoms with Gasteiger partial charge in [-0.25, -0.2) is 0 Å². The van der Waals surface area contributed by atoms with Crippen LogP contribution in [0.1, 0.15) is 24.5 Å². The van der Waals surface area contributed by atoms with Crippen molar-refractivity contribution in [1.82, 2.24) is 0 Å². The Morgan fingerprint density at radius 1 is 1.38 bits per heavy atom. The van der Waals surface area contributed by atoms with Gasteiger partial charge in [0.05, 0.1) is 6.61 Å². The molecule has 0 atom stereocenters. The van der Waals surface area contributed by atoms with E-state index < -0.39 is 0 Å². The SMILES string of the molecule is CCCOCc1ccc(C)c(N)c1. The van der Waals surface area contributed by atoms with E-state index in [-0.39, 0.29) is 0 Å². The van der Waals surface area contributed by atoms with E-state index in [1.807, 2.05) is 19.1 Å². The fraction of sp³-hybridized carbons (Fsp3) is 0.455. The Kier molecular flexibility index (Phi) is 3.77. The Balaban J connectivity index is 2.53. The Labute approximate surface area is 79.7 Å². The van der Waals surface area contributed by atoms with Gasteiger partial charge < -0.3 is 10.5 Å². The summed E-state index contributed by atoms with van der Waals surface area (Å²) in [6.07, 6.45) is 1.06. The Hall–Kier alpha value is -1.02. The topological polar surface area (TPSA) is 35.2 Å². The molecule has 0 fully saturated rings. The van der Waals surface area contributed by atoms with Gasteiger partial charge in [-0.2, -0.15) is 0 Å². The molecule has 0 radical (unpaired) electrons. The molecule has 1 aromatic carbocycles. The average Bonchev–Trinajstić information content (AvgIpc) is 2.12. The highest BCUT2D eigenvalue weighted by molar-refractivity contribution is 5.48. The smallest absolute Gasteiger partial charge is 0.0717 e. The lowest BCUT2D eigenvalue weighted by Crippen LogP contribution is -1.96. The Morgan fingerprint density at radius 2 is 2.15 bits per heavy atom. The van der Waals surface area contributed by atoms with Crippen LogP contribution in [0.5, 0.6) is 0 Å². The van der Waals surface area contributed by atoms with E-state index in [1.165, 1.54) is 0 Å². The third-order valence-corrected chi connectivity index (χ3v) is 1.96. The summed E-state index contributed by atoms with van der Waals surface area (Å²) in [5.74, 6) is 0. The molecule has 0 heterocycles. The molecule has 2 nitrogen and oxygen atoms in total. The normalized spacial score (nSPS) is 10.3. The van der Waals surface area contributed by atoms with E-state index in [4.69, 9.17) is 10.5 Å². The maximum absolute atomic E-state index is 5.77. The van der Waals surface area contributed by atoms with Crippen LogP contribution >= 0.6 is 0 Å².